The van der Waals surface area contributed by atoms with Gasteiger partial charge in [-0.05, 0) is 12.5 Å². The zero-order chi connectivity index (χ0) is 12.7. The summed E-state index contributed by atoms with van der Waals surface area (Å²) >= 11 is 0. The fourth-order valence-electron chi connectivity index (χ4n) is 1.27. The molecule has 0 saturated carbocycles. The number of hydrogen-bond donors (Lipinski definition) is 0. The van der Waals surface area contributed by atoms with Gasteiger partial charge in [-0.2, -0.15) is 8.78 Å². The molecular formula is C12H14F2O3. The fraction of sp³-hybridized carbons (Fsp3) is 0.417. The Morgan fingerprint density at radius 1 is 1.29 bits per heavy atom. The third-order valence-electron chi connectivity index (χ3n) is 1.98. The summed E-state index contributed by atoms with van der Waals surface area (Å²) in [5.41, 5.74) is 0.819. The number of alkyl halides is 2. The van der Waals surface area contributed by atoms with E-state index < -0.39 is 18.7 Å². The third-order valence-corrected chi connectivity index (χ3v) is 1.98. The molecule has 0 fully saturated rings. The molecule has 94 valence electrons. The topological polar surface area (TPSA) is 35.5 Å². The maximum Gasteiger partial charge on any atom is 0.345 e. The van der Waals surface area contributed by atoms with Gasteiger partial charge in [0.1, 0.15) is 6.10 Å². The third kappa shape index (κ3) is 5.97. The number of carbonyl (C=O) groups excluding carboxylic acids is 1. The second-order valence-electron chi connectivity index (χ2n) is 3.56. The Balaban J connectivity index is 2.29. The smallest absolute Gasteiger partial charge is 0.345 e. The predicted molar refractivity (Wildman–Crippen MR) is 57.7 cm³/mol. The summed E-state index contributed by atoms with van der Waals surface area (Å²) < 4.78 is 32.4. The Bertz CT molecular complexity index is 341. The van der Waals surface area contributed by atoms with Gasteiger partial charge in [0.15, 0.2) is 0 Å². The first kappa shape index (κ1) is 13.6. The standard InChI is InChI=1S/C12H14F2O3/c1-9(8-16-12(13)14)17-11(15)7-10-5-3-2-4-6-10/h2-6,9,12H,7-8H2,1H3. The van der Waals surface area contributed by atoms with Crippen LogP contribution < -0.4 is 0 Å². The van der Waals surface area contributed by atoms with Gasteiger partial charge in [-0.25, -0.2) is 0 Å². The molecule has 5 heteroatoms. The van der Waals surface area contributed by atoms with Gasteiger partial charge in [-0.1, -0.05) is 30.3 Å². The van der Waals surface area contributed by atoms with Crippen LogP contribution >= 0.6 is 0 Å². The normalized spacial score (nSPS) is 12.5. The molecule has 0 spiro atoms. The van der Waals surface area contributed by atoms with E-state index in [-0.39, 0.29) is 13.0 Å². The lowest BCUT2D eigenvalue weighted by molar-refractivity contribution is -0.168. The Hall–Kier alpha value is -1.49. The second-order valence-corrected chi connectivity index (χ2v) is 3.56. The summed E-state index contributed by atoms with van der Waals surface area (Å²) in [6.07, 6.45) is -0.555. The minimum absolute atomic E-state index is 0.125. The van der Waals surface area contributed by atoms with Crippen molar-refractivity contribution in [3.05, 3.63) is 35.9 Å². The Kier molecular flexibility index (Phi) is 5.56. The molecule has 1 aromatic carbocycles. The van der Waals surface area contributed by atoms with E-state index in [1.54, 1.807) is 12.1 Å². The van der Waals surface area contributed by atoms with E-state index in [1.807, 2.05) is 18.2 Å². The zero-order valence-corrected chi connectivity index (χ0v) is 9.44. The lowest BCUT2D eigenvalue weighted by Crippen LogP contribution is -2.22. The molecular weight excluding hydrogens is 230 g/mol. The van der Waals surface area contributed by atoms with E-state index in [1.165, 1.54) is 6.92 Å². The predicted octanol–water partition coefficient (Wildman–Crippen LogP) is 2.40. The largest absolute Gasteiger partial charge is 0.460 e. The number of benzene rings is 1. The Labute approximate surface area is 98.3 Å². The molecule has 0 N–H and O–H groups in total. The maximum absolute atomic E-state index is 11.7. The molecule has 0 saturated heterocycles. The number of esters is 1. The van der Waals surface area contributed by atoms with E-state index in [4.69, 9.17) is 4.74 Å². The molecule has 3 nitrogen and oxygen atoms in total. The van der Waals surface area contributed by atoms with Crippen molar-refractivity contribution < 1.29 is 23.0 Å². The van der Waals surface area contributed by atoms with Crippen molar-refractivity contribution in [2.45, 2.75) is 26.1 Å². The van der Waals surface area contributed by atoms with Crippen molar-refractivity contribution in [1.82, 2.24) is 0 Å². The van der Waals surface area contributed by atoms with Gasteiger partial charge in [-0.15, -0.1) is 0 Å². The van der Waals surface area contributed by atoms with Crippen LogP contribution in [0.1, 0.15) is 12.5 Å². The first-order valence-corrected chi connectivity index (χ1v) is 5.21. The molecule has 0 aliphatic carbocycles. The van der Waals surface area contributed by atoms with E-state index in [0.717, 1.165) is 5.56 Å². The van der Waals surface area contributed by atoms with Gasteiger partial charge in [0.25, 0.3) is 0 Å². The molecule has 0 aromatic heterocycles. The van der Waals surface area contributed by atoms with Crippen molar-refractivity contribution in [1.29, 1.82) is 0 Å². The monoisotopic (exact) mass is 244 g/mol. The first-order valence-electron chi connectivity index (χ1n) is 5.21. The molecule has 1 aromatic rings. The lowest BCUT2D eigenvalue weighted by Gasteiger charge is -2.13. The van der Waals surface area contributed by atoms with Gasteiger partial charge < -0.3 is 9.47 Å². The Morgan fingerprint density at radius 3 is 2.53 bits per heavy atom. The highest BCUT2D eigenvalue weighted by molar-refractivity contribution is 5.72. The zero-order valence-electron chi connectivity index (χ0n) is 9.44. The van der Waals surface area contributed by atoms with Crippen molar-refractivity contribution in [2.75, 3.05) is 6.61 Å². The molecule has 0 bridgehead atoms. The minimum atomic E-state index is -2.84. The number of carbonyl (C=O) groups is 1. The number of ether oxygens (including phenoxy) is 2. The van der Waals surface area contributed by atoms with Crippen LogP contribution in [0.2, 0.25) is 0 Å². The molecule has 1 unspecified atom stereocenters. The van der Waals surface area contributed by atoms with Crippen molar-refractivity contribution in [2.24, 2.45) is 0 Å². The molecule has 0 aliphatic heterocycles. The average molecular weight is 244 g/mol. The quantitative estimate of drug-likeness (QED) is 0.721. The molecule has 0 heterocycles. The fourth-order valence-corrected chi connectivity index (χ4v) is 1.27. The van der Waals surface area contributed by atoms with Crippen LogP contribution in [0.4, 0.5) is 8.78 Å². The van der Waals surface area contributed by atoms with Gasteiger partial charge in [0, 0.05) is 0 Å². The molecule has 0 aliphatic rings. The van der Waals surface area contributed by atoms with Crippen LogP contribution in [-0.4, -0.2) is 25.3 Å². The van der Waals surface area contributed by atoms with E-state index >= 15 is 0 Å². The maximum atomic E-state index is 11.7. The van der Waals surface area contributed by atoms with E-state index in [9.17, 15) is 13.6 Å². The SMILES string of the molecule is CC(COC(F)F)OC(=O)Cc1ccccc1. The van der Waals surface area contributed by atoms with Crippen molar-refractivity contribution >= 4 is 5.97 Å². The molecule has 1 atom stereocenters. The summed E-state index contributed by atoms with van der Waals surface area (Å²) in [4.78, 5) is 11.4. The highest BCUT2D eigenvalue weighted by atomic mass is 19.3. The highest BCUT2D eigenvalue weighted by Gasteiger charge is 2.12. The van der Waals surface area contributed by atoms with Crippen LogP contribution in [0.5, 0.6) is 0 Å². The number of rotatable bonds is 6. The Morgan fingerprint density at radius 2 is 1.94 bits per heavy atom. The minimum Gasteiger partial charge on any atom is -0.460 e. The second kappa shape index (κ2) is 6.96. The molecule has 17 heavy (non-hydrogen) atoms. The van der Waals surface area contributed by atoms with Gasteiger partial charge in [0.2, 0.25) is 0 Å². The summed E-state index contributed by atoms with van der Waals surface area (Å²) in [7, 11) is 0. The molecule has 0 amide bonds. The van der Waals surface area contributed by atoms with Crippen molar-refractivity contribution in [3.8, 4) is 0 Å². The highest BCUT2D eigenvalue weighted by Crippen LogP contribution is 2.04. The van der Waals surface area contributed by atoms with Gasteiger partial charge in [-0.3, -0.25) is 4.79 Å². The first-order chi connectivity index (χ1) is 8.08. The van der Waals surface area contributed by atoms with E-state index in [2.05, 4.69) is 4.74 Å². The van der Waals surface area contributed by atoms with Gasteiger partial charge in [0.05, 0.1) is 13.0 Å². The number of halogens is 2. The summed E-state index contributed by atoms with van der Waals surface area (Å²) in [5, 5.41) is 0. The molecule has 1 rings (SSSR count). The number of hydrogen-bond acceptors (Lipinski definition) is 3. The van der Waals surface area contributed by atoms with Crippen LogP contribution in [0.15, 0.2) is 30.3 Å². The van der Waals surface area contributed by atoms with E-state index in [0.29, 0.717) is 0 Å². The molecule has 0 radical (unpaired) electrons. The van der Waals surface area contributed by atoms with Crippen LogP contribution in [0.3, 0.4) is 0 Å². The summed E-state index contributed by atoms with van der Waals surface area (Å²) in [6, 6.07) is 9.05. The average Bonchev–Trinajstić information content (AvgIpc) is 2.27. The van der Waals surface area contributed by atoms with Crippen LogP contribution in [0, 0.1) is 0 Å². The van der Waals surface area contributed by atoms with Gasteiger partial charge >= 0.3 is 12.6 Å². The lowest BCUT2D eigenvalue weighted by atomic mass is 10.2. The van der Waals surface area contributed by atoms with Crippen LogP contribution in [0.25, 0.3) is 0 Å². The van der Waals surface area contributed by atoms with Crippen LogP contribution in [-0.2, 0) is 20.7 Å². The summed E-state index contributed by atoms with van der Waals surface area (Å²) in [5.74, 6) is -0.457. The van der Waals surface area contributed by atoms with Crippen molar-refractivity contribution in [3.63, 3.8) is 0 Å². The summed E-state index contributed by atoms with van der Waals surface area (Å²) in [6.45, 7) is -1.64.